The van der Waals surface area contributed by atoms with Crippen LogP contribution in [0.1, 0.15) is 32.1 Å². The Bertz CT molecular complexity index is 433. The third-order valence-corrected chi connectivity index (χ3v) is 5.09. The van der Waals surface area contributed by atoms with Crippen molar-refractivity contribution in [2.75, 3.05) is 25.0 Å². The second-order valence-electron chi connectivity index (χ2n) is 5.76. The Morgan fingerprint density at radius 1 is 1.26 bits per heavy atom. The molecule has 1 atom stereocenters. The summed E-state index contributed by atoms with van der Waals surface area (Å²) in [6.45, 7) is 2.27. The van der Waals surface area contributed by atoms with Crippen LogP contribution in [0.25, 0.3) is 0 Å². The van der Waals surface area contributed by atoms with E-state index < -0.39 is 0 Å². The maximum absolute atomic E-state index is 4.06. The molecule has 4 nitrogen and oxygen atoms in total. The van der Waals surface area contributed by atoms with Crippen LogP contribution in [0.3, 0.4) is 0 Å². The van der Waals surface area contributed by atoms with Crippen LogP contribution in [0.15, 0.2) is 12.3 Å². The molecule has 1 aliphatic carbocycles. The third-order valence-electron chi connectivity index (χ3n) is 4.63. The van der Waals surface area contributed by atoms with Crippen molar-refractivity contribution in [3.8, 4) is 0 Å². The summed E-state index contributed by atoms with van der Waals surface area (Å²) >= 11 is 2.47. The Morgan fingerprint density at radius 3 is 2.79 bits per heavy atom. The van der Waals surface area contributed by atoms with E-state index in [1.54, 1.807) is 0 Å². The van der Waals surface area contributed by atoms with E-state index in [2.05, 4.69) is 50.0 Å². The van der Waals surface area contributed by atoms with Crippen LogP contribution in [0, 0.1) is 0 Å². The van der Waals surface area contributed by atoms with Gasteiger partial charge in [-0.05, 0) is 0 Å². The molecule has 1 saturated heterocycles. The number of rotatable bonds is 3. The Hall–Kier alpha value is -0.602. The van der Waals surface area contributed by atoms with Crippen molar-refractivity contribution in [1.82, 2.24) is 15.1 Å². The molecule has 2 heterocycles. The number of anilines is 1. The molecule has 5 heteroatoms. The average molecular weight is 320 g/mol. The first-order valence-electron chi connectivity index (χ1n) is 7.22. The van der Waals surface area contributed by atoms with Gasteiger partial charge in [0.15, 0.2) is 0 Å². The molecule has 0 aromatic carbocycles. The minimum atomic E-state index is 0.700. The SMILES string of the molecule is CN(C1CCCC1)[C@@H]1CCN(c2cnnc([As])c2)C1. The zero-order valence-corrected chi connectivity index (χ0v) is 13.4. The molecule has 1 aromatic rings. The normalized spacial score (nSPS) is 24.6. The van der Waals surface area contributed by atoms with Gasteiger partial charge in [-0.1, -0.05) is 0 Å². The predicted octanol–water partition coefficient (Wildman–Crippen LogP) is 0.723. The van der Waals surface area contributed by atoms with Crippen molar-refractivity contribution in [3.05, 3.63) is 12.3 Å². The van der Waals surface area contributed by atoms with Crippen LogP contribution in [0.2, 0.25) is 0 Å². The fourth-order valence-corrected chi connectivity index (χ4v) is 3.82. The third kappa shape index (κ3) is 2.95. The molecule has 2 fully saturated rings. The predicted molar refractivity (Wildman–Crippen MR) is 78.1 cm³/mol. The minimum absolute atomic E-state index is 0.700. The Balaban J connectivity index is 1.63. The van der Waals surface area contributed by atoms with E-state index in [9.17, 15) is 0 Å². The van der Waals surface area contributed by atoms with Crippen LogP contribution in [-0.4, -0.2) is 64.2 Å². The molecule has 1 aromatic heterocycles. The molecule has 0 N–H and O–H groups in total. The van der Waals surface area contributed by atoms with Crippen molar-refractivity contribution in [1.29, 1.82) is 0 Å². The second kappa shape index (κ2) is 5.80. The van der Waals surface area contributed by atoms with E-state index in [1.807, 2.05) is 6.20 Å². The first-order valence-corrected chi connectivity index (χ1v) is 8.16. The van der Waals surface area contributed by atoms with E-state index in [0.717, 1.165) is 23.6 Å². The van der Waals surface area contributed by atoms with E-state index in [0.29, 0.717) is 6.04 Å². The van der Waals surface area contributed by atoms with Gasteiger partial charge in [-0.3, -0.25) is 0 Å². The second-order valence-corrected chi connectivity index (χ2v) is 6.73. The molecule has 1 saturated carbocycles. The first kappa shape index (κ1) is 13.4. The van der Waals surface area contributed by atoms with Crippen molar-refractivity contribution in [2.24, 2.45) is 0 Å². The van der Waals surface area contributed by atoms with Crippen molar-refractivity contribution in [2.45, 2.75) is 44.2 Å². The fourth-order valence-electron chi connectivity index (χ4n) is 3.44. The van der Waals surface area contributed by atoms with Gasteiger partial charge in [0.25, 0.3) is 0 Å². The van der Waals surface area contributed by atoms with Crippen LogP contribution in [-0.2, 0) is 0 Å². The number of hydrogen-bond donors (Lipinski definition) is 0. The summed E-state index contributed by atoms with van der Waals surface area (Å²) < 4.78 is 0.942. The molecule has 102 valence electrons. The van der Waals surface area contributed by atoms with Gasteiger partial charge in [0.05, 0.1) is 0 Å². The summed E-state index contributed by atoms with van der Waals surface area (Å²) in [5, 5.41) is 8.07. The van der Waals surface area contributed by atoms with E-state index in [4.69, 9.17) is 0 Å². The molecule has 0 amide bonds. The quantitative estimate of drug-likeness (QED) is 0.769. The molecule has 0 unspecified atom stereocenters. The van der Waals surface area contributed by atoms with Gasteiger partial charge in [0, 0.05) is 0 Å². The van der Waals surface area contributed by atoms with Gasteiger partial charge >= 0.3 is 124 Å². The number of aromatic nitrogens is 2. The number of hydrogen-bond acceptors (Lipinski definition) is 4. The molecule has 19 heavy (non-hydrogen) atoms. The maximum atomic E-state index is 4.06. The summed E-state index contributed by atoms with van der Waals surface area (Å²) in [4.78, 5) is 5.08. The van der Waals surface area contributed by atoms with Crippen molar-refractivity contribution >= 4 is 27.0 Å². The molecule has 1 aliphatic heterocycles. The van der Waals surface area contributed by atoms with E-state index in [-0.39, 0.29) is 0 Å². The van der Waals surface area contributed by atoms with E-state index in [1.165, 1.54) is 37.8 Å². The summed E-state index contributed by atoms with van der Waals surface area (Å²) in [7, 11) is 2.32. The summed E-state index contributed by atoms with van der Waals surface area (Å²) in [5.74, 6) is 0. The molecule has 2 aliphatic rings. The molecule has 0 spiro atoms. The van der Waals surface area contributed by atoms with E-state index >= 15 is 0 Å². The number of likely N-dealkylation sites (N-methyl/N-ethyl adjacent to an activating group) is 1. The first-order chi connectivity index (χ1) is 9.24. The summed E-state index contributed by atoms with van der Waals surface area (Å²) in [6, 6.07) is 3.63. The molecular formula is C14H21AsN4. The Labute approximate surface area is 124 Å². The summed E-state index contributed by atoms with van der Waals surface area (Å²) in [5.41, 5.74) is 1.22. The fraction of sp³-hybridized carbons (Fsp3) is 0.714. The van der Waals surface area contributed by atoms with Gasteiger partial charge in [-0.15, -0.1) is 0 Å². The van der Waals surface area contributed by atoms with Crippen molar-refractivity contribution < 1.29 is 0 Å². The van der Waals surface area contributed by atoms with Crippen molar-refractivity contribution in [3.63, 3.8) is 0 Å². The van der Waals surface area contributed by atoms with Crippen LogP contribution >= 0.6 is 0 Å². The topological polar surface area (TPSA) is 32.3 Å². The number of nitrogens with zero attached hydrogens (tertiary/aromatic N) is 4. The van der Waals surface area contributed by atoms with Gasteiger partial charge < -0.3 is 0 Å². The molecular weight excluding hydrogens is 299 g/mol. The van der Waals surface area contributed by atoms with Gasteiger partial charge in [0.1, 0.15) is 0 Å². The standard InChI is InChI=1S/C14H21AsN4/c1-18(11-4-2-3-5-11)12-6-7-19(10-12)13-8-14(15)17-16-9-13/h8-9,11-12H,2-7,10H2,1H3/t12-/m1/s1. The zero-order chi connectivity index (χ0) is 13.2. The Morgan fingerprint density at radius 2 is 2.05 bits per heavy atom. The molecule has 2 radical (unpaired) electrons. The van der Waals surface area contributed by atoms with Crippen LogP contribution in [0.4, 0.5) is 5.69 Å². The molecule has 3 rings (SSSR count). The van der Waals surface area contributed by atoms with Gasteiger partial charge in [0.2, 0.25) is 0 Å². The monoisotopic (exact) mass is 320 g/mol. The zero-order valence-electron chi connectivity index (χ0n) is 11.5. The van der Waals surface area contributed by atoms with Gasteiger partial charge in [-0.25, -0.2) is 0 Å². The van der Waals surface area contributed by atoms with Crippen LogP contribution in [0.5, 0.6) is 0 Å². The average Bonchev–Trinajstić information content (AvgIpc) is 3.10. The molecule has 0 bridgehead atoms. The van der Waals surface area contributed by atoms with Gasteiger partial charge in [-0.2, -0.15) is 0 Å². The summed E-state index contributed by atoms with van der Waals surface area (Å²) in [6.07, 6.45) is 8.76. The Kier molecular flexibility index (Phi) is 4.09. The van der Waals surface area contributed by atoms with Crippen LogP contribution < -0.4 is 9.38 Å².